The van der Waals surface area contributed by atoms with E-state index in [0.29, 0.717) is 63.9 Å². The molecule has 1 aromatic heterocycles. The zero-order valence-corrected chi connectivity index (χ0v) is 25.9. The molecule has 4 N–H and O–H groups in total. The summed E-state index contributed by atoms with van der Waals surface area (Å²) in [5.74, 6) is 2.00. The minimum atomic E-state index is 0.258. The Morgan fingerprint density at radius 3 is 1.86 bits per heavy atom. The molecule has 0 radical (unpaired) electrons. The maximum Gasteiger partial charge on any atom is 0.232 e. The zero-order chi connectivity index (χ0) is 30.7. The Labute approximate surface area is 262 Å². The number of unbranched alkanes of at least 4 members (excludes halogenated alkanes) is 1. The molecular formula is C35H47N7O2. The quantitative estimate of drug-likeness (QED) is 0.104. The van der Waals surface area contributed by atoms with E-state index in [2.05, 4.69) is 107 Å². The Bertz CT molecular complexity index is 1270. The third kappa shape index (κ3) is 11.2. The molecule has 0 saturated carbocycles. The average molecular weight is 598 g/mol. The van der Waals surface area contributed by atoms with Gasteiger partial charge in [-0.15, -0.1) is 0 Å². The van der Waals surface area contributed by atoms with Crippen LogP contribution in [0.15, 0.2) is 91.0 Å². The van der Waals surface area contributed by atoms with Gasteiger partial charge in [0.1, 0.15) is 0 Å². The van der Waals surface area contributed by atoms with E-state index in [1.165, 1.54) is 16.7 Å². The van der Waals surface area contributed by atoms with Crippen molar-refractivity contribution in [2.24, 2.45) is 5.73 Å². The fraction of sp³-hybridized carbons (Fsp3) is 0.400. The van der Waals surface area contributed by atoms with Gasteiger partial charge in [-0.05, 0) is 29.5 Å². The van der Waals surface area contributed by atoms with Crippen LogP contribution in [0.3, 0.4) is 0 Å². The Balaban J connectivity index is 1.48. The summed E-state index contributed by atoms with van der Waals surface area (Å²) in [5, 5.41) is 6.85. The molecule has 1 heterocycles. The summed E-state index contributed by atoms with van der Waals surface area (Å²) in [6, 6.07) is 31.8. The molecule has 0 amide bonds. The lowest BCUT2D eigenvalue weighted by molar-refractivity contribution is 0.0547. The van der Waals surface area contributed by atoms with Crippen LogP contribution in [0.25, 0.3) is 0 Å². The number of nitrogens with zero attached hydrogens (tertiary/aromatic N) is 4. The van der Waals surface area contributed by atoms with E-state index in [1.807, 2.05) is 6.07 Å². The zero-order valence-electron chi connectivity index (χ0n) is 25.9. The number of hydrogen-bond donors (Lipinski definition) is 3. The number of benzene rings is 3. The van der Waals surface area contributed by atoms with Crippen molar-refractivity contribution in [2.45, 2.75) is 38.6 Å². The maximum absolute atomic E-state index is 5.69. The van der Waals surface area contributed by atoms with Crippen molar-refractivity contribution in [1.29, 1.82) is 0 Å². The van der Waals surface area contributed by atoms with Crippen LogP contribution in [0.4, 0.5) is 17.8 Å². The molecule has 9 nitrogen and oxygen atoms in total. The van der Waals surface area contributed by atoms with E-state index in [1.54, 1.807) is 0 Å². The predicted molar refractivity (Wildman–Crippen MR) is 179 cm³/mol. The largest absolute Gasteiger partial charge is 0.378 e. The van der Waals surface area contributed by atoms with E-state index in [4.69, 9.17) is 30.2 Å². The Kier molecular flexibility index (Phi) is 14.4. The second-order valence-electron chi connectivity index (χ2n) is 10.6. The van der Waals surface area contributed by atoms with Crippen LogP contribution in [0, 0.1) is 0 Å². The molecule has 0 spiro atoms. The third-order valence-corrected chi connectivity index (χ3v) is 7.19. The molecule has 0 bridgehead atoms. The van der Waals surface area contributed by atoms with E-state index < -0.39 is 0 Å². The van der Waals surface area contributed by atoms with Gasteiger partial charge in [0, 0.05) is 38.6 Å². The molecule has 4 rings (SSSR count). The van der Waals surface area contributed by atoms with Gasteiger partial charge < -0.3 is 30.7 Å². The van der Waals surface area contributed by atoms with Crippen LogP contribution >= 0.6 is 0 Å². The van der Waals surface area contributed by atoms with Crippen molar-refractivity contribution in [1.82, 2.24) is 15.0 Å². The first kappa shape index (κ1) is 32.9. The lowest BCUT2D eigenvalue weighted by atomic mass is 9.88. The molecule has 0 aliphatic rings. The normalized spacial score (nSPS) is 11.1. The monoisotopic (exact) mass is 597 g/mol. The molecule has 3 aromatic carbocycles. The highest BCUT2D eigenvalue weighted by Crippen LogP contribution is 2.28. The number of hydrogen-bond acceptors (Lipinski definition) is 9. The minimum absolute atomic E-state index is 0.258. The highest BCUT2D eigenvalue weighted by atomic mass is 16.5. The summed E-state index contributed by atoms with van der Waals surface area (Å²) in [6.07, 6.45) is 3.01. The number of nitrogens with two attached hydrogens (primary N) is 1. The topological polar surface area (TPSA) is 110 Å². The molecule has 0 aliphatic carbocycles. The van der Waals surface area contributed by atoms with Gasteiger partial charge in [0.25, 0.3) is 0 Å². The van der Waals surface area contributed by atoms with Gasteiger partial charge in [0.15, 0.2) is 0 Å². The van der Waals surface area contributed by atoms with E-state index in [9.17, 15) is 0 Å². The summed E-state index contributed by atoms with van der Waals surface area (Å²) >= 11 is 0. The van der Waals surface area contributed by atoms with E-state index in [0.717, 1.165) is 32.4 Å². The first-order valence-corrected chi connectivity index (χ1v) is 15.7. The van der Waals surface area contributed by atoms with Crippen LogP contribution in [0.5, 0.6) is 0 Å². The third-order valence-electron chi connectivity index (χ3n) is 7.19. The smallest absolute Gasteiger partial charge is 0.232 e. The molecular weight excluding hydrogens is 550 g/mol. The highest BCUT2D eigenvalue weighted by Gasteiger charge is 2.17. The maximum atomic E-state index is 5.69. The van der Waals surface area contributed by atoms with Gasteiger partial charge in [-0.1, -0.05) is 104 Å². The molecule has 0 fully saturated rings. The standard InChI is InChI=1S/C35H47N7O2/c1-2-3-23-42(28-29-13-7-4-8-14-29)35-40-33(39-34(41-35)38-22-25-44-27-26-43-24-20-36)37-21-19-32(30-15-9-5-10-16-30)31-17-11-6-12-18-31/h4-18,32H,2-3,19-28,36H2,1H3,(H2,37,38,39,40,41). The van der Waals surface area contributed by atoms with Crippen molar-refractivity contribution < 1.29 is 9.47 Å². The molecule has 234 valence electrons. The number of rotatable bonds is 21. The van der Waals surface area contributed by atoms with Gasteiger partial charge in [0.05, 0.1) is 26.4 Å². The first-order valence-electron chi connectivity index (χ1n) is 15.7. The van der Waals surface area contributed by atoms with Crippen molar-refractivity contribution in [3.63, 3.8) is 0 Å². The van der Waals surface area contributed by atoms with Gasteiger partial charge in [-0.25, -0.2) is 0 Å². The molecule has 0 aliphatic heterocycles. The Morgan fingerprint density at radius 2 is 1.27 bits per heavy atom. The summed E-state index contributed by atoms with van der Waals surface area (Å²) < 4.78 is 11.1. The van der Waals surface area contributed by atoms with Gasteiger partial charge in [-0.2, -0.15) is 15.0 Å². The second-order valence-corrected chi connectivity index (χ2v) is 10.6. The summed E-state index contributed by atoms with van der Waals surface area (Å²) in [5.41, 5.74) is 9.27. The van der Waals surface area contributed by atoms with E-state index in [-0.39, 0.29) is 5.92 Å². The molecule has 0 unspecified atom stereocenters. The number of anilines is 3. The van der Waals surface area contributed by atoms with Gasteiger partial charge in [0.2, 0.25) is 17.8 Å². The summed E-state index contributed by atoms with van der Waals surface area (Å²) in [4.78, 5) is 16.7. The molecule has 44 heavy (non-hydrogen) atoms. The van der Waals surface area contributed by atoms with E-state index >= 15 is 0 Å². The summed E-state index contributed by atoms with van der Waals surface area (Å²) in [6.45, 7) is 7.65. The number of ether oxygens (including phenoxy) is 2. The average Bonchev–Trinajstić information content (AvgIpc) is 3.07. The minimum Gasteiger partial charge on any atom is -0.378 e. The van der Waals surface area contributed by atoms with Crippen LogP contribution in [0.2, 0.25) is 0 Å². The molecule has 4 aromatic rings. The Morgan fingerprint density at radius 1 is 0.705 bits per heavy atom. The van der Waals surface area contributed by atoms with Crippen molar-refractivity contribution in [3.05, 3.63) is 108 Å². The lowest BCUT2D eigenvalue weighted by Crippen LogP contribution is -2.27. The summed E-state index contributed by atoms with van der Waals surface area (Å²) in [7, 11) is 0. The fourth-order valence-corrected chi connectivity index (χ4v) is 4.93. The van der Waals surface area contributed by atoms with Crippen molar-refractivity contribution in [3.8, 4) is 0 Å². The van der Waals surface area contributed by atoms with Gasteiger partial charge in [-0.3, -0.25) is 0 Å². The van der Waals surface area contributed by atoms with Crippen LogP contribution in [-0.2, 0) is 16.0 Å². The van der Waals surface area contributed by atoms with Gasteiger partial charge >= 0.3 is 0 Å². The predicted octanol–water partition coefficient (Wildman–Crippen LogP) is 5.72. The van der Waals surface area contributed by atoms with Crippen LogP contribution < -0.4 is 21.3 Å². The molecule has 0 atom stereocenters. The molecule has 9 heteroatoms. The second kappa shape index (κ2) is 19.3. The number of nitrogens with one attached hydrogen (secondary N) is 2. The number of aromatic nitrogens is 3. The van der Waals surface area contributed by atoms with Crippen LogP contribution in [0.1, 0.15) is 48.8 Å². The Hall–Kier alpha value is -4.05. The SMILES string of the molecule is CCCCN(Cc1ccccc1)c1nc(NCCOCCOCCN)nc(NCCC(c2ccccc2)c2ccccc2)n1. The fourth-order valence-electron chi connectivity index (χ4n) is 4.93. The van der Waals surface area contributed by atoms with Crippen molar-refractivity contribution >= 4 is 17.8 Å². The molecule has 0 saturated heterocycles. The van der Waals surface area contributed by atoms with Crippen molar-refractivity contribution in [2.75, 3.05) is 68.1 Å². The highest BCUT2D eigenvalue weighted by molar-refractivity contribution is 5.45. The van der Waals surface area contributed by atoms with Crippen LogP contribution in [-0.4, -0.2) is 67.6 Å². The lowest BCUT2D eigenvalue weighted by Gasteiger charge is -2.24. The first-order chi connectivity index (χ1) is 21.8.